The van der Waals surface area contributed by atoms with Gasteiger partial charge in [0.1, 0.15) is 17.1 Å². The quantitative estimate of drug-likeness (QED) is 0.467. The summed E-state index contributed by atoms with van der Waals surface area (Å²) >= 11 is 0. The largest absolute Gasteiger partial charge is 0.507 e. The van der Waals surface area contributed by atoms with Gasteiger partial charge in [-0.1, -0.05) is 18.2 Å². The lowest BCUT2D eigenvalue weighted by Crippen LogP contribution is -2.44. The van der Waals surface area contributed by atoms with Crippen LogP contribution >= 0.6 is 0 Å². The zero-order valence-corrected chi connectivity index (χ0v) is 19.7. The van der Waals surface area contributed by atoms with Crippen molar-refractivity contribution in [1.82, 2.24) is 10.2 Å². The predicted octanol–water partition coefficient (Wildman–Crippen LogP) is 3.97. The van der Waals surface area contributed by atoms with Gasteiger partial charge < -0.3 is 25.3 Å². The molecule has 11 heteroatoms. The maximum absolute atomic E-state index is 13.0. The average Bonchev–Trinajstić information content (AvgIpc) is 3.16. The zero-order valence-electron chi connectivity index (χ0n) is 19.7. The number of hydrogen-bond donors (Lipinski definition) is 3. The molecule has 1 fully saturated rings. The van der Waals surface area contributed by atoms with Crippen LogP contribution in [0.4, 0.5) is 13.2 Å². The van der Waals surface area contributed by atoms with Crippen molar-refractivity contribution in [1.29, 1.82) is 0 Å². The van der Waals surface area contributed by atoms with Crippen molar-refractivity contribution in [2.45, 2.75) is 38.5 Å². The van der Waals surface area contributed by atoms with E-state index < -0.39 is 29.3 Å². The number of piperidine rings is 1. The van der Waals surface area contributed by atoms with Crippen LogP contribution in [0, 0.1) is 6.92 Å². The summed E-state index contributed by atoms with van der Waals surface area (Å²) in [6.07, 6.45) is -3.19. The number of benzene rings is 2. The third kappa shape index (κ3) is 4.97. The van der Waals surface area contributed by atoms with E-state index in [0.717, 1.165) is 12.1 Å². The minimum atomic E-state index is -4.39. The molecule has 2 amide bonds. The molecule has 4 rings (SSSR count). The molecule has 1 aromatic heterocycles. The number of halogens is 3. The van der Waals surface area contributed by atoms with Crippen LogP contribution in [0.1, 0.15) is 50.4 Å². The highest BCUT2D eigenvalue weighted by atomic mass is 19.4. The van der Waals surface area contributed by atoms with Gasteiger partial charge in [-0.25, -0.2) is 0 Å². The molecule has 0 aliphatic carbocycles. The van der Waals surface area contributed by atoms with E-state index in [9.17, 15) is 27.9 Å². The number of nitrogens with two attached hydrogens (primary N) is 1. The number of nitrogens with zero attached hydrogens (tertiary/aromatic N) is 1. The van der Waals surface area contributed by atoms with Gasteiger partial charge in [0.15, 0.2) is 11.3 Å². The first kappa shape index (κ1) is 25.4. The van der Waals surface area contributed by atoms with E-state index in [-0.39, 0.29) is 28.7 Å². The van der Waals surface area contributed by atoms with Crippen molar-refractivity contribution in [2.75, 3.05) is 20.2 Å². The van der Waals surface area contributed by atoms with E-state index in [1.807, 2.05) is 4.90 Å². The Bertz CT molecular complexity index is 1310. The Kier molecular flexibility index (Phi) is 6.85. The number of methoxy groups -OCH3 is 1. The molecule has 0 saturated carbocycles. The van der Waals surface area contributed by atoms with Gasteiger partial charge >= 0.3 is 6.18 Å². The highest BCUT2D eigenvalue weighted by molar-refractivity contribution is 6.11. The Balaban J connectivity index is 1.44. The molecular formula is C25H26F3N3O5. The molecule has 0 spiro atoms. The van der Waals surface area contributed by atoms with Crippen molar-refractivity contribution in [2.24, 2.45) is 5.73 Å². The van der Waals surface area contributed by atoms with Gasteiger partial charge in [0, 0.05) is 37.3 Å². The van der Waals surface area contributed by atoms with Crippen LogP contribution in [-0.2, 0) is 12.7 Å². The number of phenols is 1. The fraction of sp³-hybridized carbons (Fsp3) is 0.360. The second-order valence-corrected chi connectivity index (χ2v) is 8.82. The minimum absolute atomic E-state index is 0.0252. The number of furan rings is 1. The Morgan fingerprint density at radius 3 is 2.56 bits per heavy atom. The van der Waals surface area contributed by atoms with Crippen molar-refractivity contribution >= 4 is 22.8 Å². The second-order valence-electron chi connectivity index (χ2n) is 8.82. The van der Waals surface area contributed by atoms with Crippen LogP contribution in [0.2, 0.25) is 0 Å². The van der Waals surface area contributed by atoms with E-state index in [1.54, 1.807) is 13.0 Å². The number of nitrogens with one attached hydrogen (secondary N) is 1. The zero-order chi connectivity index (χ0) is 26.2. The van der Waals surface area contributed by atoms with Gasteiger partial charge in [0.2, 0.25) is 0 Å². The maximum Gasteiger partial charge on any atom is 0.416 e. The number of likely N-dealkylation sites (tertiary alicyclic amines) is 1. The summed E-state index contributed by atoms with van der Waals surface area (Å²) in [5.74, 6) is -1.61. The smallest absolute Gasteiger partial charge is 0.416 e. The number of carbonyl (C=O) groups excluding carboxylic acids is 2. The SMILES string of the molecule is COc1cc(O)c(C(N)=O)c2oc(C(=O)NC3CCN(Cc4cccc(C(F)(F)F)c4)CC3)c(C)c12. The van der Waals surface area contributed by atoms with Crippen LogP contribution in [0.25, 0.3) is 11.0 Å². The highest BCUT2D eigenvalue weighted by Crippen LogP contribution is 2.40. The molecule has 3 aromatic rings. The molecule has 0 bridgehead atoms. The number of fused-ring (bicyclic) bond motifs is 1. The highest BCUT2D eigenvalue weighted by Gasteiger charge is 2.31. The molecule has 4 N–H and O–H groups in total. The molecule has 1 saturated heterocycles. The van der Waals surface area contributed by atoms with Crippen molar-refractivity contribution in [3.8, 4) is 11.5 Å². The van der Waals surface area contributed by atoms with Crippen LogP contribution in [0.15, 0.2) is 34.7 Å². The average molecular weight is 505 g/mol. The molecule has 192 valence electrons. The summed E-state index contributed by atoms with van der Waals surface area (Å²) in [7, 11) is 1.39. The molecule has 0 unspecified atom stereocenters. The normalized spacial score (nSPS) is 15.2. The minimum Gasteiger partial charge on any atom is -0.507 e. The van der Waals surface area contributed by atoms with Gasteiger partial charge in [-0.15, -0.1) is 0 Å². The monoisotopic (exact) mass is 505 g/mol. The van der Waals surface area contributed by atoms with Gasteiger partial charge in [-0.2, -0.15) is 13.2 Å². The first-order valence-corrected chi connectivity index (χ1v) is 11.3. The van der Waals surface area contributed by atoms with Crippen molar-refractivity contribution < 1.29 is 37.0 Å². The van der Waals surface area contributed by atoms with Crippen molar-refractivity contribution in [3.05, 3.63) is 58.3 Å². The molecule has 2 aromatic carbocycles. The number of amides is 2. The summed E-state index contributed by atoms with van der Waals surface area (Å²) < 4.78 is 49.9. The number of hydrogen-bond acceptors (Lipinski definition) is 6. The molecule has 36 heavy (non-hydrogen) atoms. The second kappa shape index (κ2) is 9.73. The summed E-state index contributed by atoms with van der Waals surface area (Å²) in [6, 6.07) is 6.35. The topological polar surface area (TPSA) is 118 Å². The van der Waals surface area contributed by atoms with Crippen LogP contribution in [0.5, 0.6) is 11.5 Å². The Morgan fingerprint density at radius 1 is 1.25 bits per heavy atom. The number of alkyl halides is 3. The number of rotatable bonds is 6. The number of aryl methyl sites for hydroxylation is 1. The van der Waals surface area contributed by atoms with Crippen LogP contribution < -0.4 is 15.8 Å². The third-order valence-electron chi connectivity index (χ3n) is 6.40. The van der Waals surface area contributed by atoms with Crippen LogP contribution in [0.3, 0.4) is 0 Å². The number of primary amides is 1. The van der Waals surface area contributed by atoms with E-state index in [2.05, 4.69) is 5.32 Å². The summed E-state index contributed by atoms with van der Waals surface area (Å²) in [5.41, 5.74) is 5.46. The molecule has 1 aliphatic rings. The van der Waals surface area contributed by atoms with Crippen molar-refractivity contribution in [3.63, 3.8) is 0 Å². The molecule has 1 aliphatic heterocycles. The summed E-state index contributed by atoms with van der Waals surface area (Å²) in [4.78, 5) is 26.9. The predicted molar refractivity (Wildman–Crippen MR) is 125 cm³/mol. The Labute approximate surface area is 204 Å². The molecule has 2 heterocycles. The fourth-order valence-corrected chi connectivity index (χ4v) is 4.58. The Hall–Kier alpha value is -3.73. The first-order chi connectivity index (χ1) is 17.0. The van der Waals surface area contributed by atoms with Gasteiger partial charge in [0.05, 0.1) is 18.1 Å². The van der Waals surface area contributed by atoms with E-state index in [0.29, 0.717) is 49.0 Å². The van der Waals surface area contributed by atoms with E-state index >= 15 is 0 Å². The molecule has 0 radical (unpaired) electrons. The fourth-order valence-electron chi connectivity index (χ4n) is 4.58. The van der Waals surface area contributed by atoms with Gasteiger partial charge in [-0.05, 0) is 31.4 Å². The van der Waals surface area contributed by atoms with E-state index in [1.165, 1.54) is 19.2 Å². The number of ether oxygens (including phenoxy) is 1. The summed E-state index contributed by atoms with van der Waals surface area (Å²) in [5, 5.41) is 13.5. The summed E-state index contributed by atoms with van der Waals surface area (Å²) in [6.45, 7) is 3.21. The lowest BCUT2D eigenvalue weighted by atomic mass is 10.0. The number of aromatic hydroxyl groups is 1. The molecule has 0 atom stereocenters. The maximum atomic E-state index is 13.0. The molecule has 8 nitrogen and oxygen atoms in total. The Morgan fingerprint density at radius 2 is 1.94 bits per heavy atom. The lowest BCUT2D eigenvalue weighted by molar-refractivity contribution is -0.137. The van der Waals surface area contributed by atoms with E-state index in [4.69, 9.17) is 14.9 Å². The number of carbonyl (C=O) groups is 2. The third-order valence-corrected chi connectivity index (χ3v) is 6.40. The lowest BCUT2D eigenvalue weighted by Gasteiger charge is -2.32. The van der Waals surface area contributed by atoms with Gasteiger partial charge in [-0.3, -0.25) is 14.5 Å². The molecular weight excluding hydrogens is 479 g/mol. The van der Waals surface area contributed by atoms with Gasteiger partial charge in [0.25, 0.3) is 11.8 Å². The standard InChI is InChI=1S/C25H26F3N3O5/c1-13-19-18(35-2)11-17(32)20(23(29)33)22(19)36-21(13)24(34)30-16-6-8-31(9-7-16)12-14-4-3-5-15(10-14)25(26,27)28/h3-5,10-11,16,32H,6-9,12H2,1-2H3,(H2,29,33)(H,30,34). The first-order valence-electron chi connectivity index (χ1n) is 11.3. The van der Waals surface area contributed by atoms with Crippen LogP contribution in [-0.4, -0.2) is 48.1 Å².